The third-order valence-corrected chi connectivity index (χ3v) is 3.31. The number of nitrogens with zero attached hydrogens (tertiary/aromatic N) is 4. The van der Waals surface area contributed by atoms with E-state index in [1.807, 2.05) is 35.9 Å². The van der Waals surface area contributed by atoms with E-state index in [9.17, 15) is 0 Å². The van der Waals surface area contributed by atoms with Crippen molar-refractivity contribution in [1.29, 1.82) is 0 Å². The van der Waals surface area contributed by atoms with Gasteiger partial charge in [-0.2, -0.15) is 5.10 Å². The molecule has 6 heteroatoms. The molecular formula is C13H12BrN5. The number of nitrogens with one attached hydrogen (secondary N) is 1. The molecule has 0 atom stereocenters. The van der Waals surface area contributed by atoms with Crippen LogP contribution in [0.15, 0.2) is 41.3 Å². The Bertz CT molecular complexity index is 705. The summed E-state index contributed by atoms with van der Waals surface area (Å²) in [4.78, 5) is 8.56. The molecule has 0 radical (unpaired) electrons. The molecule has 2 heterocycles. The van der Waals surface area contributed by atoms with E-state index in [1.54, 1.807) is 12.5 Å². The largest absolute Gasteiger partial charge is 0.370 e. The Balaban J connectivity index is 2.15. The molecular weight excluding hydrogens is 306 g/mol. The van der Waals surface area contributed by atoms with Crippen LogP contribution in [0.3, 0.4) is 0 Å². The Morgan fingerprint density at radius 1 is 1.21 bits per heavy atom. The lowest BCUT2D eigenvalue weighted by molar-refractivity contribution is 0.895. The number of halogens is 1. The first-order chi connectivity index (χ1) is 9.29. The van der Waals surface area contributed by atoms with E-state index in [2.05, 4.69) is 36.3 Å². The molecule has 0 aliphatic rings. The van der Waals surface area contributed by atoms with Gasteiger partial charge in [0.15, 0.2) is 5.65 Å². The normalized spacial score (nSPS) is 10.8. The average molecular weight is 318 g/mol. The van der Waals surface area contributed by atoms with Crippen LogP contribution in [0.25, 0.3) is 16.7 Å². The lowest BCUT2D eigenvalue weighted by Crippen LogP contribution is -2.01. The highest BCUT2D eigenvalue weighted by Crippen LogP contribution is 2.22. The van der Waals surface area contributed by atoms with E-state index in [4.69, 9.17) is 0 Å². The Labute approximate surface area is 118 Å². The van der Waals surface area contributed by atoms with Crippen LogP contribution in [0, 0.1) is 0 Å². The fourth-order valence-electron chi connectivity index (χ4n) is 1.92. The van der Waals surface area contributed by atoms with Gasteiger partial charge in [-0.05, 0) is 31.2 Å². The number of aromatic nitrogens is 4. The number of hydrogen-bond acceptors (Lipinski definition) is 4. The summed E-state index contributed by atoms with van der Waals surface area (Å²) in [5.41, 5.74) is 1.77. The first kappa shape index (κ1) is 12.1. The zero-order valence-electron chi connectivity index (χ0n) is 10.3. The van der Waals surface area contributed by atoms with Crippen molar-refractivity contribution in [2.45, 2.75) is 6.92 Å². The van der Waals surface area contributed by atoms with Gasteiger partial charge in [-0.15, -0.1) is 0 Å². The smallest absolute Gasteiger partial charge is 0.168 e. The van der Waals surface area contributed by atoms with Gasteiger partial charge in [-0.3, -0.25) is 0 Å². The summed E-state index contributed by atoms with van der Waals surface area (Å²) in [7, 11) is 0. The predicted molar refractivity (Wildman–Crippen MR) is 78.5 cm³/mol. The van der Waals surface area contributed by atoms with E-state index < -0.39 is 0 Å². The molecule has 0 saturated carbocycles. The molecule has 0 fully saturated rings. The Hall–Kier alpha value is -1.95. The molecule has 1 N–H and O–H groups in total. The predicted octanol–water partition coefficient (Wildman–Crippen LogP) is 3.01. The van der Waals surface area contributed by atoms with Crippen LogP contribution in [0.5, 0.6) is 0 Å². The molecule has 0 spiro atoms. The van der Waals surface area contributed by atoms with Crippen LogP contribution in [0.4, 0.5) is 5.82 Å². The van der Waals surface area contributed by atoms with Gasteiger partial charge in [-0.1, -0.05) is 15.9 Å². The first-order valence-electron chi connectivity index (χ1n) is 5.98. The fraction of sp³-hybridized carbons (Fsp3) is 0.154. The van der Waals surface area contributed by atoms with Gasteiger partial charge in [0, 0.05) is 11.0 Å². The van der Waals surface area contributed by atoms with E-state index in [0.717, 1.165) is 33.6 Å². The molecule has 19 heavy (non-hydrogen) atoms. The Morgan fingerprint density at radius 2 is 2.00 bits per heavy atom. The molecule has 0 aliphatic heterocycles. The van der Waals surface area contributed by atoms with Crippen LogP contribution >= 0.6 is 15.9 Å². The summed E-state index contributed by atoms with van der Waals surface area (Å²) in [5, 5.41) is 8.53. The Morgan fingerprint density at radius 3 is 2.74 bits per heavy atom. The number of fused-ring (bicyclic) bond motifs is 1. The standard InChI is InChI=1S/C13H12BrN5/c1-2-15-12-11-7-18-19(13(11)17-8-16-12)10-5-3-9(14)4-6-10/h3-8H,2H2,1H3,(H,15,16,17). The molecule has 3 aromatic rings. The quantitative estimate of drug-likeness (QED) is 0.806. The third kappa shape index (κ3) is 2.19. The minimum absolute atomic E-state index is 0.799. The van der Waals surface area contributed by atoms with Crippen molar-refractivity contribution in [3.63, 3.8) is 0 Å². The molecule has 3 rings (SSSR count). The van der Waals surface area contributed by atoms with Crippen LogP contribution in [0.2, 0.25) is 0 Å². The fourth-order valence-corrected chi connectivity index (χ4v) is 2.19. The summed E-state index contributed by atoms with van der Waals surface area (Å²) in [6, 6.07) is 7.95. The Kier molecular flexibility index (Phi) is 3.16. The van der Waals surface area contributed by atoms with Crippen molar-refractivity contribution in [2.24, 2.45) is 0 Å². The van der Waals surface area contributed by atoms with Crippen molar-refractivity contribution in [2.75, 3.05) is 11.9 Å². The monoisotopic (exact) mass is 317 g/mol. The zero-order chi connectivity index (χ0) is 13.2. The second-order valence-electron chi connectivity index (χ2n) is 4.02. The van der Waals surface area contributed by atoms with E-state index in [0.29, 0.717) is 0 Å². The maximum atomic E-state index is 4.40. The van der Waals surface area contributed by atoms with E-state index >= 15 is 0 Å². The second-order valence-corrected chi connectivity index (χ2v) is 4.94. The van der Waals surface area contributed by atoms with Gasteiger partial charge in [0.25, 0.3) is 0 Å². The second kappa shape index (κ2) is 4.97. The van der Waals surface area contributed by atoms with Crippen LogP contribution in [0.1, 0.15) is 6.92 Å². The summed E-state index contributed by atoms with van der Waals surface area (Å²) >= 11 is 3.43. The molecule has 0 saturated heterocycles. The van der Waals surface area contributed by atoms with Crippen molar-refractivity contribution >= 4 is 32.8 Å². The maximum absolute atomic E-state index is 4.40. The van der Waals surface area contributed by atoms with Gasteiger partial charge in [-0.25, -0.2) is 14.6 Å². The van der Waals surface area contributed by atoms with Crippen LogP contribution in [-0.4, -0.2) is 26.3 Å². The van der Waals surface area contributed by atoms with Crippen molar-refractivity contribution < 1.29 is 0 Å². The topological polar surface area (TPSA) is 55.6 Å². The number of rotatable bonds is 3. The zero-order valence-corrected chi connectivity index (χ0v) is 11.9. The molecule has 0 unspecified atom stereocenters. The van der Waals surface area contributed by atoms with Crippen molar-refractivity contribution in [1.82, 2.24) is 19.7 Å². The third-order valence-electron chi connectivity index (χ3n) is 2.78. The lowest BCUT2D eigenvalue weighted by Gasteiger charge is -2.04. The molecule has 2 aromatic heterocycles. The highest BCUT2D eigenvalue weighted by Gasteiger charge is 2.10. The summed E-state index contributed by atoms with van der Waals surface area (Å²) in [5.74, 6) is 0.816. The molecule has 0 amide bonds. The average Bonchev–Trinajstić information content (AvgIpc) is 2.85. The number of benzene rings is 1. The molecule has 5 nitrogen and oxygen atoms in total. The van der Waals surface area contributed by atoms with Crippen molar-refractivity contribution in [3.05, 3.63) is 41.3 Å². The van der Waals surface area contributed by atoms with E-state index in [-0.39, 0.29) is 0 Å². The van der Waals surface area contributed by atoms with Gasteiger partial charge in [0.1, 0.15) is 12.1 Å². The number of hydrogen-bond donors (Lipinski definition) is 1. The molecule has 0 bridgehead atoms. The highest BCUT2D eigenvalue weighted by atomic mass is 79.9. The minimum Gasteiger partial charge on any atom is -0.370 e. The summed E-state index contributed by atoms with van der Waals surface area (Å²) in [6.07, 6.45) is 3.34. The highest BCUT2D eigenvalue weighted by molar-refractivity contribution is 9.10. The molecule has 96 valence electrons. The lowest BCUT2D eigenvalue weighted by atomic mass is 10.3. The first-order valence-corrected chi connectivity index (χ1v) is 6.77. The van der Waals surface area contributed by atoms with E-state index in [1.165, 1.54) is 0 Å². The number of anilines is 1. The minimum atomic E-state index is 0.799. The van der Waals surface area contributed by atoms with Gasteiger partial charge < -0.3 is 5.32 Å². The van der Waals surface area contributed by atoms with Crippen LogP contribution < -0.4 is 5.32 Å². The summed E-state index contributed by atoms with van der Waals surface area (Å²) < 4.78 is 2.85. The van der Waals surface area contributed by atoms with Gasteiger partial charge in [0.05, 0.1) is 17.3 Å². The maximum Gasteiger partial charge on any atom is 0.168 e. The van der Waals surface area contributed by atoms with Crippen LogP contribution in [-0.2, 0) is 0 Å². The van der Waals surface area contributed by atoms with Gasteiger partial charge in [0.2, 0.25) is 0 Å². The van der Waals surface area contributed by atoms with Gasteiger partial charge >= 0.3 is 0 Å². The summed E-state index contributed by atoms with van der Waals surface area (Å²) in [6.45, 7) is 2.85. The molecule has 0 aliphatic carbocycles. The van der Waals surface area contributed by atoms with Crippen molar-refractivity contribution in [3.8, 4) is 5.69 Å². The SMILES string of the molecule is CCNc1ncnc2c1cnn2-c1ccc(Br)cc1. The molecule has 1 aromatic carbocycles.